The summed E-state index contributed by atoms with van der Waals surface area (Å²) in [4.78, 5) is 24.9. The highest BCUT2D eigenvalue weighted by Crippen LogP contribution is 2.30. The molecule has 0 aliphatic rings. The molecule has 0 bridgehead atoms. The van der Waals surface area contributed by atoms with Gasteiger partial charge in [0, 0.05) is 23.3 Å². The highest BCUT2D eigenvalue weighted by Gasteiger charge is 2.25. The fourth-order valence-corrected chi connectivity index (χ4v) is 4.01. The van der Waals surface area contributed by atoms with E-state index in [9.17, 15) is 9.18 Å². The van der Waals surface area contributed by atoms with E-state index in [4.69, 9.17) is 16.3 Å². The number of rotatable bonds is 5. The zero-order chi connectivity index (χ0) is 20.7. The maximum absolute atomic E-state index is 15.0. The molecule has 1 N–H and O–H groups in total. The van der Waals surface area contributed by atoms with E-state index < -0.39 is 23.0 Å². The molecular weight excluding hydrogens is 420 g/mol. The SMILES string of the molecule is Cc1nc(C)c(COc2ccc(F)c(C(=O)c3c[nH]c4ncc(Cl)cc34)c2F)s1. The third-order valence-corrected chi connectivity index (χ3v) is 5.64. The summed E-state index contributed by atoms with van der Waals surface area (Å²) in [6.45, 7) is 3.76. The van der Waals surface area contributed by atoms with Crippen molar-refractivity contribution < 1.29 is 18.3 Å². The third-order valence-electron chi connectivity index (χ3n) is 4.38. The highest BCUT2D eigenvalue weighted by atomic mass is 35.5. The number of hydrogen-bond acceptors (Lipinski definition) is 5. The number of aromatic nitrogens is 3. The number of aryl methyl sites for hydroxylation is 2. The number of hydrogen-bond donors (Lipinski definition) is 1. The van der Waals surface area contributed by atoms with Gasteiger partial charge in [0.05, 0.1) is 26.2 Å². The Balaban J connectivity index is 1.70. The van der Waals surface area contributed by atoms with Crippen LogP contribution in [0.2, 0.25) is 5.02 Å². The number of aromatic amines is 1. The minimum absolute atomic E-state index is 0.0684. The lowest BCUT2D eigenvalue weighted by Crippen LogP contribution is -2.09. The van der Waals surface area contributed by atoms with Crippen LogP contribution in [-0.2, 0) is 6.61 Å². The summed E-state index contributed by atoms with van der Waals surface area (Å²) >= 11 is 7.37. The van der Waals surface area contributed by atoms with E-state index in [1.807, 2.05) is 13.8 Å². The van der Waals surface area contributed by atoms with Crippen molar-refractivity contribution in [3.63, 3.8) is 0 Å². The Labute approximate surface area is 173 Å². The fourth-order valence-electron chi connectivity index (χ4n) is 3.00. The Bertz CT molecular complexity index is 1250. The van der Waals surface area contributed by atoms with Crippen molar-refractivity contribution in [1.82, 2.24) is 15.0 Å². The number of ether oxygens (including phenoxy) is 1. The van der Waals surface area contributed by atoms with Crippen molar-refractivity contribution >= 4 is 39.8 Å². The number of carbonyl (C=O) groups excluding carboxylic acids is 1. The Kier molecular flexibility index (Phi) is 5.06. The van der Waals surface area contributed by atoms with E-state index in [0.717, 1.165) is 21.6 Å². The van der Waals surface area contributed by atoms with Crippen LogP contribution in [0.5, 0.6) is 5.75 Å². The Morgan fingerprint density at radius 3 is 2.83 bits per heavy atom. The molecule has 0 aliphatic heterocycles. The Morgan fingerprint density at radius 1 is 1.31 bits per heavy atom. The first kappa shape index (κ1) is 19.5. The lowest BCUT2D eigenvalue weighted by atomic mass is 10.0. The Morgan fingerprint density at radius 2 is 2.10 bits per heavy atom. The van der Waals surface area contributed by atoms with Gasteiger partial charge in [0.1, 0.15) is 18.1 Å². The number of nitrogens with one attached hydrogen (secondary N) is 1. The van der Waals surface area contributed by atoms with Crippen LogP contribution < -0.4 is 4.74 Å². The molecule has 0 unspecified atom stereocenters. The largest absolute Gasteiger partial charge is 0.485 e. The second kappa shape index (κ2) is 7.53. The number of thiazole rings is 1. The Hall–Kier alpha value is -2.84. The molecule has 1 aromatic carbocycles. The minimum atomic E-state index is -1.06. The predicted molar refractivity (Wildman–Crippen MR) is 107 cm³/mol. The van der Waals surface area contributed by atoms with Crippen LogP contribution >= 0.6 is 22.9 Å². The van der Waals surface area contributed by atoms with Gasteiger partial charge in [0.25, 0.3) is 0 Å². The molecule has 0 atom stereocenters. The minimum Gasteiger partial charge on any atom is -0.485 e. The van der Waals surface area contributed by atoms with Gasteiger partial charge < -0.3 is 9.72 Å². The number of H-pyrrole nitrogens is 1. The molecule has 0 amide bonds. The van der Waals surface area contributed by atoms with Gasteiger partial charge in [-0.05, 0) is 32.0 Å². The molecule has 29 heavy (non-hydrogen) atoms. The second-order valence-corrected chi connectivity index (χ2v) is 8.07. The first-order valence-electron chi connectivity index (χ1n) is 8.56. The lowest BCUT2D eigenvalue weighted by molar-refractivity contribution is 0.103. The van der Waals surface area contributed by atoms with Gasteiger partial charge in [-0.2, -0.15) is 0 Å². The van der Waals surface area contributed by atoms with Gasteiger partial charge in [-0.1, -0.05) is 11.6 Å². The van der Waals surface area contributed by atoms with Crippen molar-refractivity contribution in [2.45, 2.75) is 20.5 Å². The van der Waals surface area contributed by atoms with Gasteiger partial charge in [-0.25, -0.2) is 18.7 Å². The van der Waals surface area contributed by atoms with Crippen LogP contribution in [0.15, 0.2) is 30.6 Å². The van der Waals surface area contributed by atoms with E-state index in [1.165, 1.54) is 35.9 Å². The first-order chi connectivity index (χ1) is 13.8. The third kappa shape index (κ3) is 3.61. The molecule has 3 heterocycles. The van der Waals surface area contributed by atoms with Crippen molar-refractivity contribution in [1.29, 1.82) is 0 Å². The number of benzene rings is 1. The molecule has 148 valence electrons. The summed E-state index contributed by atoms with van der Waals surface area (Å²) in [6, 6.07) is 3.69. The molecule has 3 aromatic heterocycles. The second-order valence-electron chi connectivity index (χ2n) is 6.35. The molecule has 4 aromatic rings. The molecule has 5 nitrogen and oxygen atoms in total. The molecule has 4 rings (SSSR count). The number of carbonyl (C=O) groups is 1. The summed E-state index contributed by atoms with van der Waals surface area (Å²) in [6.07, 6.45) is 2.76. The van der Waals surface area contributed by atoms with E-state index in [2.05, 4.69) is 15.0 Å². The average Bonchev–Trinajstić information content (AvgIpc) is 3.23. The van der Waals surface area contributed by atoms with Crippen LogP contribution in [0.25, 0.3) is 11.0 Å². The summed E-state index contributed by atoms with van der Waals surface area (Å²) in [7, 11) is 0. The zero-order valence-electron chi connectivity index (χ0n) is 15.3. The maximum atomic E-state index is 15.0. The summed E-state index contributed by atoms with van der Waals surface area (Å²) in [5.41, 5.74) is 0.552. The van der Waals surface area contributed by atoms with Crippen LogP contribution in [0.3, 0.4) is 0 Å². The zero-order valence-corrected chi connectivity index (χ0v) is 16.9. The molecule has 0 saturated carbocycles. The van der Waals surface area contributed by atoms with E-state index >= 15 is 4.39 Å². The highest BCUT2D eigenvalue weighted by molar-refractivity contribution is 7.11. The maximum Gasteiger partial charge on any atom is 0.201 e. The summed E-state index contributed by atoms with van der Waals surface area (Å²) in [5, 5.41) is 1.55. The molecule has 0 aliphatic carbocycles. The van der Waals surface area contributed by atoms with E-state index in [1.54, 1.807) is 0 Å². The smallest absolute Gasteiger partial charge is 0.201 e. The van der Waals surface area contributed by atoms with Gasteiger partial charge >= 0.3 is 0 Å². The molecule has 0 radical (unpaired) electrons. The van der Waals surface area contributed by atoms with Crippen molar-refractivity contribution in [3.05, 3.63) is 74.0 Å². The van der Waals surface area contributed by atoms with Crippen LogP contribution in [-0.4, -0.2) is 20.7 Å². The normalized spacial score (nSPS) is 11.2. The quantitative estimate of drug-likeness (QED) is 0.429. The van der Waals surface area contributed by atoms with Crippen molar-refractivity contribution in [3.8, 4) is 5.75 Å². The monoisotopic (exact) mass is 433 g/mol. The van der Waals surface area contributed by atoms with Gasteiger partial charge in [0.15, 0.2) is 11.6 Å². The molecule has 0 spiro atoms. The lowest BCUT2D eigenvalue weighted by Gasteiger charge is -2.10. The predicted octanol–water partition coefficient (Wildman–Crippen LogP) is 5.38. The van der Waals surface area contributed by atoms with Crippen molar-refractivity contribution in [2.75, 3.05) is 0 Å². The van der Waals surface area contributed by atoms with Crippen LogP contribution in [0.1, 0.15) is 31.5 Å². The number of halogens is 3. The van der Waals surface area contributed by atoms with Crippen LogP contribution in [0.4, 0.5) is 8.78 Å². The standard InChI is InChI=1S/C20H14ClF2N3O2S/c1-9-16(29-10(2)26-9)8-28-15-4-3-14(22)17(18(15)23)19(27)13-7-25-20-12(13)5-11(21)6-24-20/h3-7H,8H2,1-2H3,(H,24,25). The number of nitrogens with zero attached hydrogens (tertiary/aromatic N) is 2. The fraction of sp³-hybridized carbons (Fsp3) is 0.150. The molecular formula is C20H14ClF2N3O2S. The number of pyridine rings is 1. The molecule has 0 saturated heterocycles. The summed E-state index contributed by atoms with van der Waals surface area (Å²) in [5.74, 6) is -3.07. The number of ketones is 1. The van der Waals surface area contributed by atoms with Gasteiger partial charge in [-0.3, -0.25) is 4.79 Å². The number of fused-ring (bicyclic) bond motifs is 1. The molecule has 0 fully saturated rings. The first-order valence-corrected chi connectivity index (χ1v) is 9.75. The molecule has 9 heteroatoms. The summed E-state index contributed by atoms with van der Waals surface area (Å²) < 4.78 is 34.9. The average molecular weight is 434 g/mol. The van der Waals surface area contributed by atoms with Crippen molar-refractivity contribution in [2.24, 2.45) is 0 Å². The topological polar surface area (TPSA) is 67.9 Å². The van der Waals surface area contributed by atoms with Gasteiger partial charge in [0.2, 0.25) is 5.78 Å². The van der Waals surface area contributed by atoms with Gasteiger partial charge in [-0.15, -0.1) is 11.3 Å². The van der Waals surface area contributed by atoms with E-state index in [-0.39, 0.29) is 17.9 Å². The van der Waals surface area contributed by atoms with Crippen LogP contribution in [0, 0.1) is 25.5 Å². The van der Waals surface area contributed by atoms with E-state index in [0.29, 0.717) is 16.1 Å².